The minimum absolute atomic E-state index is 0.0535. The maximum Gasteiger partial charge on any atom is 0.255 e. The lowest BCUT2D eigenvalue weighted by molar-refractivity contribution is 0.0943. The van der Waals surface area contributed by atoms with E-state index in [-0.39, 0.29) is 17.5 Å². The Balaban J connectivity index is 1.32. The van der Waals surface area contributed by atoms with Crippen molar-refractivity contribution >= 4 is 16.8 Å². The van der Waals surface area contributed by atoms with Crippen molar-refractivity contribution in [2.45, 2.75) is 78.0 Å². The van der Waals surface area contributed by atoms with Crippen molar-refractivity contribution in [1.82, 2.24) is 20.1 Å². The molecule has 0 bridgehead atoms. The molecular formula is C31H40N4O2. The van der Waals surface area contributed by atoms with Gasteiger partial charge in [0.25, 0.3) is 11.5 Å². The van der Waals surface area contributed by atoms with Gasteiger partial charge in [-0.1, -0.05) is 18.6 Å². The topological polar surface area (TPSA) is 66.4 Å². The highest BCUT2D eigenvalue weighted by Crippen LogP contribution is 2.27. The van der Waals surface area contributed by atoms with Gasteiger partial charge in [-0.2, -0.15) is 0 Å². The molecule has 1 fully saturated rings. The summed E-state index contributed by atoms with van der Waals surface area (Å²) in [5.41, 5.74) is 6.62. The number of hydrogen-bond acceptors (Lipinski definition) is 4. The number of pyridine rings is 1. The predicted octanol–water partition coefficient (Wildman–Crippen LogP) is 4.40. The van der Waals surface area contributed by atoms with Gasteiger partial charge in [-0.25, -0.2) is 0 Å². The Labute approximate surface area is 220 Å². The summed E-state index contributed by atoms with van der Waals surface area (Å²) < 4.78 is 2.03. The largest absolute Gasteiger partial charge is 0.350 e. The molecule has 1 aliphatic heterocycles. The zero-order valence-electron chi connectivity index (χ0n) is 22.3. The first-order valence-corrected chi connectivity index (χ1v) is 14.0. The van der Waals surface area contributed by atoms with E-state index in [0.29, 0.717) is 18.7 Å². The zero-order valence-corrected chi connectivity index (χ0v) is 22.3. The Bertz CT molecular complexity index is 1300. The fourth-order valence-corrected chi connectivity index (χ4v) is 5.75. The summed E-state index contributed by atoms with van der Waals surface area (Å²) in [4.78, 5) is 28.4. The van der Waals surface area contributed by atoms with E-state index in [2.05, 4.69) is 33.7 Å². The van der Waals surface area contributed by atoms with Crippen LogP contribution in [0.1, 0.15) is 72.1 Å². The van der Waals surface area contributed by atoms with Crippen molar-refractivity contribution in [2.24, 2.45) is 0 Å². The summed E-state index contributed by atoms with van der Waals surface area (Å²) in [6, 6.07) is 14.5. The number of rotatable bonds is 9. The Kier molecular flexibility index (Phi) is 8.06. The summed E-state index contributed by atoms with van der Waals surface area (Å²) in [5.74, 6) is -0.0535. The van der Waals surface area contributed by atoms with Crippen LogP contribution in [-0.4, -0.2) is 41.1 Å². The average Bonchev–Trinajstić information content (AvgIpc) is 3.35. The van der Waals surface area contributed by atoms with Gasteiger partial charge in [0.2, 0.25) is 0 Å². The molecule has 5 rings (SSSR count). The molecule has 2 aromatic carbocycles. The normalized spacial score (nSPS) is 15.9. The van der Waals surface area contributed by atoms with E-state index >= 15 is 0 Å². The van der Waals surface area contributed by atoms with Crippen molar-refractivity contribution in [2.75, 3.05) is 19.6 Å². The lowest BCUT2D eigenvalue weighted by atomic mass is 10.0. The van der Waals surface area contributed by atoms with Crippen LogP contribution in [-0.2, 0) is 32.5 Å². The molecule has 2 N–H and O–H groups in total. The van der Waals surface area contributed by atoms with Gasteiger partial charge in [-0.15, -0.1) is 0 Å². The smallest absolute Gasteiger partial charge is 0.255 e. The number of nitrogens with one attached hydrogen (secondary N) is 2. The second-order valence-corrected chi connectivity index (χ2v) is 11.0. The molecule has 6 nitrogen and oxygen atoms in total. The Morgan fingerprint density at radius 1 is 0.892 bits per heavy atom. The molecule has 196 valence electrons. The van der Waals surface area contributed by atoms with E-state index in [1.807, 2.05) is 42.7 Å². The van der Waals surface area contributed by atoms with Crippen molar-refractivity contribution in [3.05, 3.63) is 80.6 Å². The van der Waals surface area contributed by atoms with E-state index in [0.717, 1.165) is 55.7 Å². The minimum atomic E-state index is -0.0535. The summed E-state index contributed by atoms with van der Waals surface area (Å²) in [6.07, 6.45) is 7.30. The Hall–Kier alpha value is -2.96. The molecule has 0 atom stereocenters. The highest BCUT2D eigenvalue weighted by molar-refractivity contribution is 5.94. The van der Waals surface area contributed by atoms with Crippen LogP contribution in [0, 0.1) is 0 Å². The Morgan fingerprint density at radius 3 is 2.35 bits per heavy atom. The van der Waals surface area contributed by atoms with Crippen LogP contribution in [0.2, 0.25) is 0 Å². The second kappa shape index (κ2) is 11.6. The average molecular weight is 501 g/mol. The van der Waals surface area contributed by atoms with E-state index in [9.17, 15) is 9.59 Å². The van der Waals surface area contributed by atoms with Gasteiger partial charge in [0.05, 0.1) is 5.52 Å². The number of carbonyl (C=O) groups excluding carboxylic acids is 1. The maximum atomic E-state index is 13.7. The van der Waals surface area contributed by atoms with Gasteiger partial charge in [0, 0.05) is 43.3 Å². The molecule has 37 heavy (non-hydrogen) atoms. The molecular weight excluding hydrogens is 460 g/mol. The summed E-state index contributed by atoms with van der Waals surface area (Å²) in [5, 5.41) is 7.56. The first kappa shape index (κ1) is 25.7. The number of fused-ring (bicyclic) bond motifs is 2. The molecule has 2 heterocycles. The van der Waals surface area contributed by atoms with Crippen molar-refractivity contribution in [1.29, 1.82) is 0 Å². The van der Waals surface area contributed by atoms with Gasteiger partial charge >= 0.3 is 0 Å². The molecule has 0 spiro atoms. The summed E-state index contributed by atoms with van der Waals surface area (Å²) in [6.45, 7) is 9.02. The fraction of sp³-hybridized carbons (Fsp3) is 0.484. The number of benzene rings is 2. The van der Waals surface area contributed by atoms with E-state index < -0.39 is 0 Å². The second-order valence-electron chi connectivity index (χ2n) is 11.0. The maximum absolute atomic E-state index is 13.7. The van der Waals surface area contributed by atoms with Crippen molar-refractivity contribution in [3.8, 4) is 0 Å². The lowest BCUT2D eigenvalue weighted by Crippen LogP contribution is -2.36. The number of piperidine rings is 1. The highest BCUT2D eigenvalue weighted by atomic mass is 16.1. The standard InChI is InChI=1S/C31H40N4O2/c1-22(2)33-30(36)24-11-9-23(10-12-24)20-32-21-28-18-27-17-25-7-6-8-26(25)19-29(27)35(31(28)37)16-15-34-13-4-3-5-14-34/h9-12,17-19,22,32H,3-8,13-16,20-21H2,1-2H3,(H,33,36). The van der Waals surface area contributed by atoms with Gasteiger partial charge in [0.1, 0.15) is 0 Å². The number of nitrogens with zero attached hydrogens (tertiary/aromatic N) is 2. The van der Waals surface area contributed by atoms with Crippen LogP contribution >= 0.6 is 0 Å². The highest BCUT2D eigenvalue weighted by Gasteiger charge is 2.17. The number of amides is 1. The molecule has 6 heteroatoms. The zero-order chi connectivity index (χ0) is 25.8. The molecule has 3 aromatic rings. The van der Waals surface area contributed by atoms with Gasteiger partial charge < -0.3 is 20.1 Å². The number of hydrogen-bond donors (Lipinski definition) is 2. The number of aryl methyl sites for hydroxylation is 2. The first-order chi connectivity index (χ1) is 18.0. The van der Waals surface area contributed by atoms with Gasteiger partial charge in [-0.3, -0.25) is 9.59 Å². The third kappa shape index (κ3) is 6.13. The van der Waals surface area contributed by atoms with Gasteiger partial charge in [-0.05, 0) is 111 Å². The molecule has 1 saturated heterocycles. The minimum Gasteiger partial charge on any atom is -0.350 e. The SMILES string of the molecule is CC(C)NC(=O)c1ccc(CNCc2cc3cc4c(cc3n(CCN3CCCCC3)c2=O)CCC4)cc1. The van der Waals surface area contributed by atoms with Crippen LogP contribution < -0.4 is 16.2 Å². The van der Waals surface area contributed by atoms with Crippen molar-refractivity contribution < 1.29 is 4.79 Å². The van der Waals surface area contributed by atoms with E-state index in [4.69, 9.17) is 0 Å². The lowest BCUT2D eigenvalue weighted by Gasteiger charge is -2.27. The number of likely N-dealkylation sites (tertiary alicyclic amines) is 1. The van der Waals surface area contributed by atoms with Crippen LogP contribution in [0.3, 0.4) is 0 Å². The predicted molar refractivity (Wildman–Crippen MR) is 150 cm³/mol. The molecule has 2 aliphatic rings. The fourth-order valence-electron chi connectivity index (χ4n) is 5.75. The molecule has 0 radical (unpaired) electrons. The third-order valence-corrected chi connectivity index (χ3v) is 7.75. The monoisotopic (exact) mass is 500 g/mol. The van der Waals surface area contributed by atoms with E-state index in [1.165, 1.54) is 42.2 Å². The first-order valence-electron chi connectivity index (χ1n) is 14.0. The van der Waals surface area contributed by atoms with E-state index in [1.54, 1.807) is 0 Å². The van der Waals surface area contributed by atoms with Crippen LogP contribution in [0.25, 0.3) is 10.9 Å². The molecule has 1 amide bonds. The van der Waals surface area contributed by atoms with Gasteiger partial charge in [0.15, 0.2) is 0 Å². The number of carbonyl (C=O) groups is 1. The van der Waals surface area contributed by atoms with Crippen LogP contribution in [0.15, 0.2) is 47.3 Å². The molecule has 1 aromatic heterocycles. The summed E-state index contributed by atoms with van der Waals surface area (Å²) in [7, 11) is 0. The third-order valence-electron chi connectivity index (χ3n) is 7.75. The molecule has 0 saturated carbocycles. The molecule has 1 aliphatic carbocycles. The number of aromatic nitrogens is 1. The Morgan fingerprint density at radius 2 is 1.62 bits per heavy atom. The quantitative estimate of drug-likeness (QED) is 0.457. The summed E-state index contributed by atoms with van der Waals surface area (Å²) >= 11 is 0. The van der Waals surface area contributed by atoms with Crippen molar-refractivity contribution in [3.63, 3.8) is 0 Å². The van der Waals surface area contributed by atoms with Crippen LogP contribution in [0.5, 0.6) is 0 Å². The van der Waals surface area contributed by atoms with Crippen LogP contribution in [0.4, 0.5) is 0 Å². The molecule has 0 unspecified atom stereocenters.